The van der Waals surface area contributed by atoms with Crippen molar-refractivity contribution in [3.05, 3.63) is 43.2 Å². The lowest BCUT2D eigenvalue weighted by Crippen LogP contribution is -2.33. The largest absolute Gasteiger partial charge is 0.271 e. The van der Waals surface area contributed by atoms with Crippen molar-refractivity contribution in [2.45, 2.75) is 31.2 Å². The Balaban J connectivity index is 1.94. The smallest absolute Gasteiger partial charge is 0.0931 e. The van der Waals surface area contributed by atoms with Gasteiger partial charge in [-0.05, 0) is 48.4 Å². The average Bonchev–Trinajstić information content (AvgIpc) is 2.99. The minimum atomic E-state index is 0.177. The van der Waals surface area contributed by atoms with E-state index in [1.54, 1.807) is 11.3 Å². The van der Waals surface area contributed by atoms with Crippen molar-refractivity contribution in [2.24, 2.45) is 5.84 Å². The van der Waals surface area contributed by atoms with Crippen molar-refractivity contribution in [2.75, 3.05) is 0 Å². The van der Waals surface area contributed by atoms with Gasteiger partial charge in [-0.1, -0.05) is 11.6 Å². The molecule has 5 heteroatoms. The fourth-order valence-corrected chi connectivity index (χ4v) is 4.94. The van der Waals surface area contributed by atoms with Crippen molar-refractivity contribution >= 4 is 34.3 Å². The lowest BCUT2D eigenvalue weighted by molar-refractivity contribution is 0.416. The fourth-order valence-electron chi connectivity index (χ4n) is 2.76. The lowest BCUT2D eigenvalue weighted by Gasteiger charge is -2.29. The number of rotatable bonds is 3. The third-order valence-corrected chi connectivity index (χ3v) is 5.89. The standard InChI is InChI=1S/C13H15ClN2S2/c14-12-5-4-11(18-12)13(16-15)9-2-1-3-10-8(9)6-7-17-10/h4-7,9,13,16H,1-3,15H2. The summed E-state index contributed by atoms with van der Waals surface area (Å²) in [5.41, 5.74) is 4.46. The Hall–Kier alpha value is -0.390. The molecule has 0 aliphatic heterocycles. The first-order valence-electron chi connectivity index (χ1n) is 6.07. The van der Waals surface area contributed by atoms with Gasteiger partial charge in [-0.3, -0.25) is 11.3 Å². The van der Waals surface area contributed by atoms with Crippen LogP contribution in [-0.4, -0.2) is 0 Å². The van der Waals surface area contributed by atoms with Crippen LogP contribution in [0.3, 0.4) is 0 Å². The Bertz CT molecular complexity index is 535. The van der Waals surface area contributed by atoms with Gasteiger partial charge in [0.1, 0.15) is 0 Å². The van der Waals surface area contributed by atoms with E-state index in [0.717, 1.165) is 4.34 Å². The van der Waals surface area contributed by atoms with Gasteiger partial charge in [0.15, 0.2) is 0 Å². The summed E-state index contributed by atoms with van der Waals surface area (Å²) in [7, 11) is 0. The molecule has 18 heavy (non-hydrogen) atoms. The second kappa shape index (κ2) is 5.31. The van der Waals surface area contributed by atoms with Gasteiger partial charge in [0.25, 0.3) is 0 Å². The molecule has 0 spiro atoms. The van der Waals surface area contributed by atoms with Crippen molar-refractivity contribution in [3.8, 4) is 0 Å². The van der Waals surface area contributed by atoms with E-state index in [0.29, 0.717) is 5.92 Å². The fraction of sp³-hybridized carbons (Fsp3) is 0.385. The van der Waals surface area contributed by atoms with Gasteiger partial charge >= 0.3 is 0 Å². The summed E-state index contributed by atoms with van der Waals surface area (Å²) in [5.74, 6) is 6.26. The van der Waals surface area contributed by atoms with E-state index >= 15 is 0 Å². The monoisotopic (exact) mass is 298 g/mol. The lowest BCUT2D eigenvalue weighted by atomic mass is 9.82. The normalized spacial score (nSPS) is 20.7. The highest BCUT2D eigenvalue weighted by atomic mass is 35.5. The highest BCUT2D eigenvalue weighted by Gasteiger charge is 2.29. The number of hydrogen-bond acceptors (Lipinski definition) is 4. The third-order valence-electron chi connectivity index (χ3n) is 3.58. The number of hydrazine groups is 1. The Kier molecular flexibility index (Phi) is 3.73. The number of fused-ring (bicyclic) bond motifs is 1. The Morgan fingerprint density at radius 2 is 2.28 bits per heavy atom. The maximum absolute atomic E-state index is 6.03. The number of nitrogens with two attached hydrogens (primary N) is 1. The minimum absolute atomic E-state index is 0.177. The van der Waals surface area contributed by atoms with Crippen molar-refractivity contribution in [1.29, 1.82) is 0 Å². The van der Waals surface area contributed by atoms with Gasteiger partial charge < -0.3 is 0 Å². The zero-order chi connectivity index (χ0) is 12.5. The Morgan fingerprint density at radius 3 is 3.00 bits per heavy atom. The van der Waals surface area contributed by atoms with Gasteiger partial charge in [-0.2, -0.15) is 0 Å². The van der Waals surface area contributed by atoms with Crippen molar-refractivity contribution in [1.82, 2.24) is 5.43 Å². The zero-order valence-electron chi connectivity index (χ0n) is 9.86. The second-order valence-electron chi connectivity index (χ2n) is 4.58. The molecule has 0 radical (unpaired) electrons. The van der Waals surface area contributed by atoms with Crippen LogP contribution < -0.4 is 11.3 Å². The highest BCUT2D eigenvalue weighted by Crippen LogP contribution is 2.43. The number of nitrogens with one attached hydrogen (secondary N) is 1. The number of aryl methyl sites for hydroxylation is 1. The molecular weight excluding hydrogens is 284 g/mol. The molecule has 2 atom stereocenters. The van der Waals surface area contributed by atoms with E-state index in [2.05, 4.69) is 22.9 Å². The first kappa shape index (κ1) is 12.6. The SMILES string of the molecule is NNC(c1ccc(Cl)s1)C1CCCc2sccc21. The van der Waals surface area contributed by atoms with E-state index in [1.807, 2.05) is 17.4 Å². The van der Waals surface area contributed by atoms with Gasteiger partial charge in [0.05, 0.1) is 10.4 Å². The summed E-state index contributed by atoms with van der Waals surface area (Å²) in [6.45, 7) is 0. The maximum Gasteiger partial charge on any atom is 0.0931 e. The minimum Gasteiger partial charge on any atom is -0.271 e. The van der Waals surface area contributed by atoms with Crippen molar-refractivity contribution < 1.29 is 0 Å². The van der Waals surface area contributed by atoms with Gasteiger partial charge in [-0.25, -0.2) is 0 Å². The van der Waals surface area contributed by atoms with Crippen LogP contribution in [0.1, 0.15) is 40.1 Å². The third kappa shape index (κ3) is 2.24. The molecule has 2 aromatic rings. The quantitative estimate of drug-likeness (QED) is 0.662. The maximum atomic E-state index is 6.03. The van der Waals surface area contributed by atoms with E-state index in [4.69, 9.17) is 17.4 Å². The topological polar surface area (TPSA) is 38.0 Å². The van der Waals surface area contributed by atoms with E-state index in [9.17, 15) is 0 Å². The average molecular weight is 299 g/mol. The summed E-state index contributed by atoms with van der Waals surface area (Å²) >= 11 is 9.52. The summed E-state index contributed by atoms with van der Waals surface area (Å²) < 4.78 is 0.826. The van der Waals surface area contributed by atoms with E-state index < -0.39 is 0 Å². The molecule has 2 nitrogen and oxygen atoms in total. The second-order valence-corrected chi connectivity index (χ2v) is 7.33. The molecule has 2 aromatic heterocycles. The van der Waals surface area contributed by atoms with Gasteiger partial charge in [-0.15, -0.1) is 22.7 Å². The Labute approximate surface area is 120 Å². The van der Waals surface area contributed by atoms with Crippen LogP contribution in [0.25, 0.3) is 0 Å². The molecule has 2 unspecified atom stereocenters. The van der Waals surface area contributed by atoms with E-state index in [1.165, 1.54) is 34.6 Å². The summed E-state index contributed by atoms with van der Waals surface area (Å²) in [4.78, 5) is 2.75. The molecule has 3 N–H and O–H groups in total. The van der Waals surface area contributed by atoms with Gasteiger partial charge in [0, 0.05) is 15.7 Å². The van der Waals surface area contributed by atoms with Gasteiger partial charge in [0.2, 0.25) is 0 Å². The predicted octanol–water partition coefficient (Wildman–Crippen LogP) is 4.09. The molecular formula is C13H15ClN2S2. The van der Waals surface area contributed by atoms with Crippen LogP contribution in [0, 0.1) is 0 Å². The molecule has 0 aromatic carbocycles. The predicted molar refractivity (Wildman–Crippen MR) is 79.4 cm³/mol. The molecule has 0 amide bonds. The summed E-state index contributed by atoms with van der Waals surface area (Å²) in [5, 5.41) is 2.19. The van der Waals surface area contributed by atoms with Crippen LogP contribution in [0.5, 0.6) is 0 Å². The molecule has 96 valence electrons. The molecule has 0 saturated heterocycles. The molecule has 0 bridgehead atoms. The number of hydrogen-bond donors (Lipinski definition) is 2. The molecule has 1 aliphatic rings. The summed E-state index contributed by atoms with van der Waals surface area (Å²) in [6.07, 6.45) is 3.65. The molecule has 3 rings (SSSR count). The zero-order valence-corrected chi connectivity index (χ0v) is 12.2. The molecule has 1 aliphatic carbocycles. The van der Waals surface area contributed by atoms with Crippen molar-refractivity contribution in [3.63, 3.8) is 0 Å². The van der Waals surface area contributed by atoms with E-state index in [-0.39, 0.29) is 6.04 Å². The molecule has 0 fully saturated rings. The number of thiophene rings is 2. The van der Waals surface area contributed by atoms with Crippen LogP contribution >= 0.6 is 34.3 Å². The van der Waals surface area contributed by atoms with Crippen LogP contribution in [0.2, 0.25) is 4.34 Å². The first-order valence-corrected chi connectivity index (χ1v) is 8.14. The number of halogens is 1. The Morgan fingerprint density at radius 1 is 1.39 bits per heavy atom. The first-order chi connectivity index (χ1) is 8.79. The molecule has 0 saturated carbocycles. The molecule has 2 heterocycles. The van der Waals surface area contributed by atoms with Crippen LogP contribution in [0.15, 0.2) is 23.6 Å². The van der Waals surface area contributed by atoms with Crippen LogP contribution in [0.4, 0.5) is 0 Å². The summed E-state index contributed by atoms with van der Waals surface area (Å²) in [6, 6.07) is 6.46. The highest BCUT2D eigenvalue weighted by molar-refractivity contribution is 7.16. The van der Waals surface area contributed by atoms with Crippen LogP contribution in [-0.2, 0) is 6.42 Å².